The number of thiophene rings is 1. The van der Waals surface area contributed by atoms with Gasteiger partial charge in [-0.05, 0) is 52.7 Å². The zero-order valence-electron chi connectivity index (χ0n) is 10.8. The minimum absolute atomic E-state index is 0.167. The van der Waals surface area contributed by atoms with Crippen molar-refractivity contribution in [1.82, 2.24) is 5.32 Å². The Balaban J connectivity index is 2.01. The van der Waals surface area contributed by atoms with Crippen molar-refractivity contribution in [2.45, 2.75) is 19.5 Å². The lowest BCUT2D eigenvalue weighted by atomic mass is 10.1. The molecule has 102 valence electrons. The number of phenolic OH excluding ortho intramolecular Hbond substituents is 1. The van der Waals surface area contributed by atoms with E-state index in [1.165, 1.54) is 4.88 Å². The molecule has 1 heterocycles. The number of phenols is 1. The lowest BCUT2D eigenvalue weighted by Gasteiger charge is -2.15. The highest BCUT2D eigenvalue weighted by molar-refractivity contribution is 9.11. The van der Waals surface area contributed by atoms with Gasteiger partial charge in [-0.2, -0.15) is 0 Å². The summed E-state index contributed by atoms with van der Waals surface area (Å²) in [7, 11) is 1.56. The van der Waals surface area contributed by atoms with Gasteiger partial charge in [0.25, 0.3) is 0 Å². The third-order valence-corrected chi connectivity index (χ3v) is 4.54. The van der Waals surface area contributed by atoms with Gasteiger partial charge in [0, 0.05) is 17.5 Å². The van der Waals surface area contributed by atoms with Crippen LogP contribution in [0.5, 0.6) is 11.5 Å². The van der Waals surface area contributed by atoms with E-state index in [1.807, 2.05) is 12.1 Å². The average molecular weight is 342 g/mol. The zero-order valence-corrected chi connectivity index (χ0v) is 13.2. The highest BCUT2D eigenvalue weighted by atomic mass is 79.9. The van der Waals surface area contributed by atoms with Gasteiger partial charge in [-0.15, -0.1) is 11.3 Å². The Morgan fingerprint density at radius 1 is 1.37 bits per heavy atom. The second-order valence-corrected chi connectivity index (χ2v) is 6.79. The van der Waals surface area contributed by atoms with Gasteiger partial charge in [0.2, 0.25) is 0 Å². The molecule has 19 heavy (non-hydrogen) atoms. The molecular weight excluding hydrogens is 326 g/mol. The molecule has 0 aliphatic heterocycles. The van der Waals surface area contributed by atoms with Crippen molar-refractivity contribution in [1.29, 1.82) is 0 Å². The summed E-state index contributed by atoms with van der Waals surface area (Å²) in [6.07, 6.45) is 0. The maximum atomic E-state index is 9.58. The standard InChI is InChI=1S/C14H16BrNO2S/c1-9(16-8-11-4-6-14(15)19-11)10-3-5-12(17)13(7-10)18-2/h3-7,9,16-17H,8H2,1-2H3. The molecule has 0 aliphatic rings. The SMILES string of the molecule is COc1cc(C(C)NCc2ccc(Br)s2)ccc1O. The summed E-state index contributed by atoms with van der Waals surface area (Å²) >= 11 is 5.18. The molecule has 2 N–H and O–H groups in total. The fourth-order valence-electron chi connectivity index (χ4n) is 1.78. The van der Waals surface area contributed by atoms with Gasteiger partial charge < -0.3 is 15.2 Å². The fourth-order valence-corrected chi connectivity index (χ4v) is 3.22. The zero-order chi connectivity index (χ0) is 13.8. The highest BCUT2D eigenvalue weighted by Gasteiger charge is 2.09. The third kappa shape index (κ3) is 3.72. The molecule has 0 aliphatic carbocycles. The number of benzene rings is 1. The number of methoxy groups -OCH3 is 1. The van der Waals surface area contributed by atoms with Crippen LogP contribution in [0, 0.1) is 0 Å². The van der Waals surface area contributed by atoms with Crippen LogP contribution < -0.4 is 10.1 Å². The second kappa shape index (κ2) is 6.41. The Kier molecular flexibility index (Phi) is 4.85. The topological polar surface area (TPSA) is 41.5 Å². The monoisotopic (exact) mass is 341 g/mol. The molecule has 3 nitrogen and oxygen atoms in total. The molecule has 0 saturated heterocycles. The number of hydrogen-bond acceptors (Lipinski definition) is 4. The van der Waals surface area contributed by atoms with E-state index < -0.39 is 0 Å². The van der Waals surface area contributed by atoms with Crippen LogP contribution in [0.25, 0.3) is 0 Å². The summed E-state index contributed by atoms with van der Waals surface area (Å²) < 4.78 is 6.26. The van der Waals surface area contributed by atoms with E-state index in [0.29, 0.717) is 5.75 Å². The summed E-state index contributed by atoms with van der Waals surface area (Å²) in [6, 6.07) is 9.77. The summed E-state index contributed by atoms with van der Waals surface area (Å²) in [6.45, 7) is 2.91. The molecule has 0 fully saturated rings. The molecule has 0 amide bonds. The van der Waals surface area contributed by atoms with Gasteiger partial charge in [0.1, 0.15) is 0 Å². The van der Waals surface area contributed by atoms with Gasteiger partial charge in [0.15, 0.2) is 11.5 Å². The van der Waals surface area contributed by atoms with E-state index in [1.54, 1.807) is 24.5 Å². The van der Waals surface area contributed by atoms with Crippen LogP contribution in [0.3, 0.4) is 0 Å². The van der Waals surface area contributed by atoms with Crippen molar-refractivity contribution < 1.29 is 9.84 Å². The van der Waals surface area contributed by atoms with Crippen LogP contribution in [0.1, 0.15) is 23.4 Å². The van der Waals surface area contributed by atoms with Crippen molar-refractivity contribution in [3.63, 3.8) is 0 Å². The van der Waals surface area contributed by atoms with Crippen LogP contribution in [-0.2, 0) is 6.54 Å². The average Bonchev–Trinajstić information content (AvgIpc) is 2.82. The summed E-state index contributed by atoms with van der Waals surface area (Å²) in [5, 5.41) is 13.0. The quantitative estimate of drug-likeness (QED) is 0.860. The van der Waals surface area contributed by atoms with E-state index >= 15 is 0 Å². The smallest absolute Gasteiger partial charge is 0.160 e. The predicted molar refractivity (Wildman–Crippen MR) is 81.9 cm³/mol. The van der Waals surface area contributed by atoms with Crippen molar-refractivity contribution in [2.24, 2.45) is 0 Å². The number of nitrogens with one attached hydrogen (secondary N) is 1. The Hall–Kier alpha value is -1.04. The van der Waals surface area contributed by atoms with Crippen LogP contribution >= 0.6 is 27.3 Å². The van der Waals surface area contributed by atoms with Crippen LogP contribution in [0.2, 0.25) is 0 Å². The molecule has 2 rings (SSSR count). The van der Waals surface area contributed by atoms with Gasteiger partial charge >= 0.3 is 0 Å². The Morgan fingerprint density at radius 3 is 2.79 bits per heavy atom. The van der Waals surface area contributed by atoms with E-state index in [-0.39, 0.29) is 11.8 Å². The summed E-state index contributed by atoms with van der Waals surface area (Å²) in [4.78, 5) is 1.28. The highest BCUT2D eigenvalue weighted by Crippen LogP contribution is 2.29. The van der Waals surface area contributed by atoms with Gasteiger partial charge in [-0.1, -0.05) is 6.07 Å². The van der Waals surface area contributed by atoms with Crippen LogP contribution in [0.4, 0.5) is 0 Å². The molecule has 1 aromatic carbocycles. The number of ether oxygens (including phenoxy) is 1. The first-order valence-electron chi connectivity index (χ1n) is 5.94. The number of halogens is 1. The molecule has 0 spiro atoms. The molecule has 1 atom stereocenters. The van der Waals surface area contributed by atoms with Crippen LogP contribution in [-0.4, -0.2) is 12.2 Å². The van der Waals surface area contributed by atoms with Crippen molar-refractivity contribution >= 4 is 27.3 Å². The molecule has 1 aromatic heterocycles. The maximum Gasteiger partial charge on any atom is 0.160 e. The molecule has 0 radical (unpaired) electrons. The molecule has 5 heteroatoms. The number of aromatic hydroxyl groups is 1. The summed E-state index contributed by atoms with van der Waals surface area (Å²) in [5.41, 5.74) is 1.09. The first-order chi connectivity index (χ1) is 9.10. The van der Waals surface area contributed by atoms with E-state index in [0.717, 1.165) is 15.9 Å². The van der Waals surface area contributed by atoms with Gasteiger partial charge in [-0.25, -0.2) is 0 Å². The Morgan fingerprint density at radius 2 is 2.16 bits per heavy atom. The van der Waals surface area contributed by atoms with E-state index in [9.17, 15) is 5.11 Å². The minimum atomic E-state index is 0.167. The van der Waals surface area contributed by atoms with Crippen molar-refractivity contribution in [3.05, 3.63) is 44.6 Å². The largest absolute Gasteiger partial charge is 0.504 e. The third-order valence-electron chi connectivity index (χ3n) is 2.92. The lowest BCUT2D eigenvalue weighted by molar-refractivity contribution is 0.372. The van der Waals surface area contributed by atoms with Crippen LogP contribution in [0.15, 0.2) is 34.1 Å². The molecule has 2 aromatic rings. The number of rotatable bonds is 5. The minimum Gasteiger partial charge on any atom is -0.504 e. The maximum absolute atomic E-state index is 9.58. The Bertz CT molecular complexity index is 556. The lowest BCUT2D eigenvalue weighted by Crippen LogP contribution is -2.17. The second-order valence-electron chi connectivity index (χ2n) is 4.24. The molecule has 0 bridgehead atoms. The first kappa shape index (κ1) is 14.4. The predicted octanol–water partition coefficient (Wildman–Crippen LogP) is 4.08. The molecule has 1 unspecified atom stereocenters. The fraction of sp³-hybridized carbons (Fsp3) is 0.286. The Labute approximate surface area is 125 Å². The van der Waals surface area contributed by atoms with Gasteiger partial charge in [-0.3, -0.25) is 0 Å². The van der Waals surface area contributed by atoms with Crippen molar-refractivity contribution in [2.75, 3.05) is 7.11 Å². The number of hydrogen-bond donors (Lipinski definition) is 2. The normalized spacial score (nSPS) is 12.4. The first-order valence-corrected chi connectivity index (χ1v) is 7.55. The van der Waals surface area contributed by atoms with Crippen molar-refractivity contribution in [3.8, 4) is 11.5 Å². The summed E-state index contributed by atoms with van der Waals surface area (Å²) in [5.74, 6) is 0.672. The van der Waals surface area contributed by atoms with Gasteiger partial charge in [0.05, 0.1) is 10.9 Å². The van der Waals surface area contributed by atoms with E-state index in [4.69, 9.17) is 4.74 Å². The van der Waals surface area contributed by atoms with E-state index in [2.05, 4.69) is 40.3 Å². The molecular formula is C14H16BrNO2S. The molecule has 0 saturated carbocycles.